The van der Waals surface area contributed by atoms with Crippen molar-refractivity contribution in [2.75, 3.05) is 12.4 Å². The summed E-state index contributed by atoms with van der Waals surface area (Å²) in [6.45, 7) is 3.14. The highest BCUT2D eigenvalue weighted by molar-refractivity contribution is 7.99. The summed E-state index contributed by atoms with van der Waals surface area (Å²) in [5.41, 5.74) is 1.41. The van der Waals surface area contributed by atoms with Crippen molar-refractivity contribution >= 4 is 11.8 Å². The van der Waals surface area contributed by atoms with E-state index in [4.69, 9.17) is 4.74 Å². The Kier molecular flexibility index (Phi) is 2.91. The van der Waals surface area contributed by atoms with Crippen LogP contribution in [0.4, 0.5) is 0 Å². The van der Waals surface area contributed by atoms with Crippen molar-refractivity contribution in [1.29, 1.82) is 0 Å². The van der Waals surface area contributed by atoms with Gasteiger partial charge in [-0.3, -0.25) is 0 Å². The zero-order valence-electron chi connectivity index (χ0n) is 7.82. The molecule has 0 unspecified atom stereocenters. The van der Waals surface area contributed by atoms with Crippen LogP contribution in [0.1, 0.15) is 12.5 Å². The molecule has 70 valence electrons. The van der Waals surface area contributed by atoms with Crippen LogP contribution < -0.4 is 0 Å². The molecular formula is C11H14OS. The summed E-state index contributed by atoms with van der Waals surface area (Å²) >= 11 is 1.89. The molecule has 1 atom stereocenters. The quantitative estimate of drug-likeness (QED) is 0.540. The number of benzene rings is 1. The molecule has 1 fully saturated rings. The van der Waals surface area contributed by atoms with E-state index in [-0.39, 0.29) is 0 Å². The number of hydrogen-bond acceptors (Lipinski definition) is 2. The molecule has 1 saturated heterocycles. The van der Waals surface area contributed by atoms with Crippen molar-refractivity contribution < 1.29 is 4.74 Å². The Morgan fingerprint density at radius 1 is 1.38 bits per heavy atom. The van der Waals surface area contributed by atoms with Crippen LogP contribution in [-0.4, -0.2) is 18.5 Å². The molecule has 0 spiro atoms. The zero-order chi connectivity index (χ0) is 9.10. The Morgan fingerprint density at radius 2 is 2.08 bits per heavy atom. The molecule has 2 heteroatoms. The Labute approximate surface area is 83.5 Å². The lowest BCUT2D eigenvalue weighted by molar-refractivity contribution is 0.426. The van der Waals surface area contributed by atoms with Gasteiger partial charge in [-0.15, -0.1) is 11.8 Å². The predicted molar refractivity (Wildman–Crippen MR) is 56.3 cm³/mol. The van der Waals surface area contributed by atoms with Crippen LogP contribution in [0.5, 0.6) is 0 Å². The van der Waals surface area contributed by atoms with E-state index < -0.39 is 0 Å². The second-order valence-electron chi connectivity index (χ2n) is 3.26. The average molecular weight is 194 g/mol. The molecule has 1 aromatic rings. The van der Waals surface area contributed by atoms with Gasteiger partial charge in [0.05, 0.1) is 12.7 Å². The zero-order valence-corrected chi connectivity index (χ0v) is 8.64. The molecule has 0 aromatic heterocycles. The van der Waals surface area contributed by atoms with Gasteiger partial charge < -0.3 is 4.74 Å². The maximum absolute atomic E-state index is 5.15. The van der Waals surface area contributed by atoms with Gasteiger partial charge in [0, 0.05) is 10.6 Å². The van der Waals surface area contributed by atoms with Crippen LogP contribution in [0.15, 0.2) is 29.2 Å². The minimum Gasteiger partial charge on any atom is -0.372 e. The summed E-state index contributed by atoms with van der Waals surface area (Å²) in [7, 11) is 0. The fraction of sp³-hybridized carbons (Fsp3) is 0.455. The first-order valence-corrected chi connectivity index (χ1v) is 5.70. The summed E-state index contributed by atoms with van der Waals surface area (Å²) in [5, 5.41) is 0. The number of aryl methyl sites for hydroxylation is 1. The summed E-state index contributed by atoms with van der Waals surface area (Å²) < 4.78 is 5.15. The highest BCUT2D eigenvalue weighted by Gasteiger charge is 2.21. The van der Waals surface area contributed by atoms with E-state index in [1.807, 2.05) is 11.8 Å². The van der Waals surface area contributed by atoms with Crippen LogP contribution >= 0.6 is 11.8 Å². The van der Waals surface area contributed by atoms with Gasteiger partial charge in [-0.05, 0) is 24.1 Å². The molecule has 0 saturated carbocycles. The molecular weight excluding hydrogens is 180 g/mol. The highest BCUT2D eigenvalue weighted by atomic mass is 32.2. The van der Waals surface area contributed by atoms with Crippen molar-refractivity contribution in [3.05, 3.63) is 29.8 Å². The number of ether oxygens (including phenoxy) is 1. The van der Waals surface area contributed by atoms with E-state index >= 15 is 0 Å². The van der Waals surface area contributed by atoms with Gasteiger partial charge in [-0.2, -0.15) is 0 Å². The van der Waals surface area contributed by atoms with Crippen LogP contribution in [0.2, 0.25) is 0 Å². The van der Waals surface area contributed by atoms with Crippen LogP contribution in [0.3, 0.4) is 0 Å². The van der Waals surface area contributed by atoms with E-state index in [0.29, 0.717) is 6.10 Å². The summed E-state index contributed by atoms with van der Waals surface area (Å²) in [5.74, 6) is 1.10. The van der Waals surface area contributed by atoms with Gasteiger partial charge in [-0.1, -0.05) is 19.1 Å². The fourth-order valence-electron chi connectivity index (χ4n) is 1.17. The lowest BCUT2D eigenvalue weighted by Crippen LogP contribution is -1.88. The van der Waals surface area contributed by atoms with E-state index in [2.05, 4.69) is 31.2 Å². The lowest BCUT2D eigenvalue weighted by atomic mass is 10.2. The second kappa shape index (κ2) is 4.16. The van der Waals surface area contributed by atoms with Crippen molar-refractivity contribution in [2.45, 2.75) is 24.3 Å². The van der Waals surface area contributed by atoms with E-state index in [1.54, 1.807) is 0 Å². The van der Waals surface area contributed by atoms with E-state index in [0.717, 1.165) is 18.8 Å². The van der Waals surface area contributed by atoms with E-state index in [1.165, 1.54) is 10.5 Å². The molecule has 1 nitrogen and oxygen atoms in total. The average Bonchev–Trinajstić information content (AvgIpc) is 2.99. The largest absolute Gasteiger partial charge is 0.372 e. The van der Waals surface area contributed by atoms with E-state index in [9.17, 15) is 0 Å². The van der Waals surface area contributed by atoms with Gasteiger partial charge in [-0.25, -0.2) is 0 Å². The van der Waals surface area contributed by atoms with Crippen molar-refractivity contribution in [3.8, 4) is 0 Å². The van der Waals surface area contributed by atoms with Gasteiger partial charge in [0.25, 0.3) is 0 Å². The monoisotopic (exact) mass is 194 g/mol. The molecule has 0 aliphatic carbocycles. The highest BCUT2D eigenvalue weighted by Crippen LogP contribution is 2.24. The molecule has 1 aliphatic rings. The number of epoxide rings is 1. The third kappa shape index (κ3) is 2.75. The maximum atomic E-state index is 5.15. The Hall–Kier alpha value is -0.470. The molecule has 0 N–H and O–H groups in total. The Bertz CT molecular complexity index is 264. The topological polar surface area (TPSA) is 12.5 Å². The van der Waals surface area contributed by atoms with Crippen LogP contribution in [-0.2, 0) is 11.2 Å². The summed E-state index contributed by atoms with van der Waals surface area (Å²) in [6, 6.07) is 8.81. The number of rotatable bonds is 4. The minimum absolute atomic E-state index is 0.524. The first-order chi connectivity index (χ1) is 6.38. The van der Waals surface area contributed by atoms with Crippen molar-refractivity contribution in [1.82, 2.24) is 0 Å². The van der Waals surface area contributed by atoms with Crippen LogP contribution in [0.25, 0.3) is 0 Å². The lowest BCUT2D eigenvalue weighted by Gasteiger charge is -2.00. The third-order valence-electron chi connectivity index (χ3n) is 2.17. The third-order valence-corrected chi connectivity index (χ3v) is 3.31. The normalized spacial score (nSPS) is 20.2. The van der Waals surface area contributed by atoms with Gasteiger partial charge in [0.1, 0.15) is 0 Å². The SMILES string of the molecule is CCc1ccc(SC[C@@H]2CO2)cc1. The number of hydrogen-bond donors (Lipinski definition) is 0. The molecule has 1 aromatic carbocycles. The molecule has 13 heavy (non-hydrogen) atoms. The Morgan fingerprint density at radius 3 is 2.62 bits per heavy atom. The number of thioether (sulfide) groups is 1. The summed E-state index contributed by atoms with van der Waals surface area (Å²) in [4.78, 5) is 1.35. The molecule has 0 radical (unpaired) electrons. The molecule has 1 heterocycles. The fourth-order valence-corrected chi connectivity index (χ4v) is 2.07. The molecule has 2 rings (SSSR count). The van der Waals surface area contributed by atoms with Gasteiger partial charge in [0.15, 0.2) is 0 Å². The first-order valence-electron chi connectivity index (χ1n) is 4.72. The van der Waals surface area contributed by atoms with Crippen molar-refractivity contribution in [2.24, 2.45) is 0 Å². The smallest absolute Gasteiger partial charge is 0.0903 e. The Balaban J connectivity index is 1.88. The van der Waals surface area contributed by atoms with Crippen molar-refractivity contribution in [3.63, 3.8) is 0 Å². The molecule has 0 amide bonds. The first kappa shape index (κ1) is 9.10. The second-order valence-corrected chi connectivity index (χ2v) is 4.36. The molecule has 1 aliphatic heterocycles. The molecule has 0 bridgehead atoms. The maximum Gasteiger partial charge on any atom is 0.0903 e. The minimum atomic E-state index is 0.524. The standard InChI is InChI=1S/C11H14OS/c1-2-9-3-5-11(6-4-9)13-8-10-7-12-10/h3-6,10H,2,7-8H2,1H3/t10-/m0/s1. The van der Waals surface area contributed by atoms with Gasteiger partial charge >= 0.3 is 0 Å². The predicted octanol–water partition coefficient (Wildman–Crippen LogP) is 2.74. The summed E-state index contributed by atoms with van der Waals surface area (Å²) in [6.07, 6.45) is 1.65. The van der Waals surface area contributed by atoms with Gasteiger partial charge in [0.2, 0.25) is 0 Å². The van der Waals surface area contributed by atoms with Crippen LogP contribution in [0, 0.1) is 0 Å².